The van der Waals surface area contributed by atoms with Gasteiger partial charge in [-0.3, -0.25) is 9.69 Å². The van der Waals surface area contributed by atoms with E-state index >= 15 is 0 Å². The summed E-state index contributed by atoms with van der Waals surface area (Å²) in [7, 11) is 0. The number of nitrogens with zero attached hydrogens (tertiary/aromatic N) is 4. The number of benzene rings is 1. The van der Waals surface area contributed by atoms with Gasteiger partial charge in [0.25, 0.3) is 0 Å². The minimum atomic E-state index is -4.19. The number of Topliss-reactive ketones (excluding diaryl/α,β-unsaturated/α-hetero) is 1. The molecule has 0 spiro atoms. The molecule has 3 aromatic rings. The number of carbonyl (C=O) groups excluding carboxylic acids is 1. The van der Waals surface area contributed by atoms with Crippen LogP contribution in [0.4, 0.5) is 18.3 Å². The van der Waals surface area contributed by atoms with Crippen molar-refractivity contribution in [2.24, 2.45) is 11.8 Å². The van der Waals surface area contributed by atoms with Crippen LogP contribution in [-0.4, -0.2) is 64.8 Å². The van der Waals surface area contributed by atoms with Crippen LogP contribution in [-0.2, 0) is 6.42 Å². The molecule has 1 aromatic carbocycles. The minimum Gasteiger partial charge on any atom is -0.361 e. The van der Waals surface area contributed by atoms with Gasteiger partial charge < -0.3 is 9.88 Å². The predicted molar refractivity (Wildman–Crippen MR) is 133 cm³/mol. The first-order chi connectivity index (χ1) is 16.7. The fraction of sp³-hybridized carbons (Fsp3) is 0.560. The van der Waals surface area contributed by atoms with Crippen LogP contribution in [0.15, 0.2) is 30.5 Å². The second-order valence-corrected chi connectivity index (χ2v) is 10.8. The molecule has 0 saturated carbocycles. The van der Waals surface area contributed by atoms with Crippen molar-refractivity contribution in [3.8, 4) is 0 Å². The predicted octanol–water partition coefficient (Wildman–Crippen LogP) is 5.57. The summed E-state index contributed by atoms with van der Waals surface area (Å²) in [4.78, 5) is 19.8. The molecular formula is C25H32F3N5OS. The number of para-hydroxylation sites is 1. The quantitative estimate of drug-likeness (QED) is 0.364. The van der Waals surface area contributed by atoms with Gasteiger partial charge >= 0.3 is 6.18 Å². The molecule has 0 amide bonds. The van der Waals surface area contributed by atoms with E-state index in [4.69, 9.17) is 0 Å². The number of hydrogen-bond acceptors (Lipinski definition) is 6. The number of hydrogen-bond donors (Lipinski definition) is 1. The molecule has 4 rings (SSSR count). The Morgan fingerprint density at radius 1 is 1.11 bits per heavy atom. The second-order valence-electron chi connectivity index (χ2n) is 9.80. The normalized spacial score (nSPS) is 16.3. The Morgan fingerprint density at radius 2 is 1.86 bits per heavy atom. The molecule has 1 N–H and O–H groups in total. The van der Waals surface area contributed by atoms with Crippen molar-refractivity contribution >= 4 is 33.2 Å². The number of aromatic amines is 1. The van der Waals surface area contributed by atoms with Gasteiger partial charge in [-0.15, -0.1) is 10.2 Å². The first-order valence-corrected chi connectivity index (χ1v) is 13.0. The number of ketones is 1. The lowest BCUT2D eigenvalue weighted by molar-refractivity contribution is -0.146. The zero-order chi connectivity index (χ0) is 25.0. The molecule has 1 atom stereocenters. The molecule has 0 aliphatic carbocycles. The average molecular weight is 508 g/mol. The van der Waals surface area contributed by atoms with Gasteiger partial charge in [0.1, 0.15) is 0 Å². The van der Waals surface area contributed by atoms with Crippen LogP contribution in [0.2, 0.25) is 0 Å². The van der Waals surface area contributed by atoms with Gasteiger partial charge in [-0.25, -0.2) is 0 Å². The average Bonchev–Trinajstić information content (AvgIpc) is 3.45. The third-order valence-corrected chi connectivity index (χ3v) is 7.53. The minimum absolute atomic E-state index is 0.0157. The highest BCUT2D eigenvalue weighted by Gasteiger charge is 2.32. The summed E-state index contributed by atoms with van der Waals surface area (Å²) >= 11 is 1.25. The highest BCUT2D eigenvalue weighted by atomic mass is 32.1. The van der Waals surface area contributed by atoms with E-state index in [2.05, 4.69) is 41.2 Å². The van der Waals surface area contributed by atoms with Crippen LogP contribution in [0.25, 0.3) is 10.9 Å². The summed E-state index contributed by atoms with van der Waals surface area (Å²) in [6.45, 7) is 4.99. The molecule has 1 fully saturated rings. The second kappa shape index (κ2) is 11.1. The number of carbonyl (C=O) groups is 1. The molecule has 1 aliphatic rings. The van der Waals surface area contributed by atoms with Gasteiger partial charge in [-0.2, -0.15) is 13.2 Å². The van der Waals surface area contributed by atoms with Gasteiger partial charge in [0.05, 0.1) is 6.54 Å². The number of rotatable bonds is 10. The zero-order valence-electron chi connectivity index (χ0n) is 20.1. The number of aromatic nitrogens is 3. The summed E-state index contributed by atoms with van der Waals surface area (Å²) in [5, 5.41) is 10.5. The fourth-order valence-corrected chi connectivity index (χ4v) is 5.46. The molecule has 3 heterocycles. The summed E-state index contributed by atoms with van der Waals surface area (Å²) in [5.74, 6) is 0.736. The third kappa shape index (κ3) is 7.04. The molecule has 1 saturated heterocycles. The van der Waals surface area contributed by atoms with Crippen molar-refractivity contribution in [1.82, 2.24) is 20.1 Å². The van der Waals surface area contributed by atoms with E-state index in [0.29, 0.717) is 48.7 Å². The first-order valence-electron chi connectivity index (χ1n) is 12.1. The fourth-order valence-electron chi connectivity index (χ4n) is 4.61. The highest BCUT2D eigenvalue weighted by Crippen LogP contribution is 2.29. The van der Waals surface area contributed by atoms with Crippen molar-refractivity contribution in [2.45, 2.75) is 45.7 Å². The smallest absolute Gasteiger partial charge is 0.361 e. The van der Waals surface area contributed by atoms with Crippen LogP contribution in [0.3, 0.4) is 0 Å². The van der Waals surface area contributed by atoms with Gasteiger partial charge in [-0.05, 0) is 36.3 Å². The Hall–Kier alpha value is -2.46. The Morgan fingerprint density at radius 3 is 2.57 bits per heavy atom. The lowest BCUT2D eigenvalue weighted by Crippen LogP contribution is -2.49. The molecule has 35 heavy (non-hydrogen) atoms. The molecule has 0 bridgehead atoms. The number of H-pyrrole nitrogens is 1. The maximum Gasteiger partial charge on any atom is 0.401 e. The number of halogens is 3. The van der Waals surface area contributed by atoms with E-state index in [1.165, 1.54) is 27.2 Å². The molecule has 190 valence electrons. The molecule has 1 unspecified atom stereocenters. The third-order valence-electron chi connectivity index (χ3n) is 6.51. The lowest BCUT2D eigenvalue weighted by Gasteiger charge is -2.34. The lowest BCUT2D eigenvalue weighted by atomic mass is 9.88. The number of piperazine rings is 1. The molecule has 1 aliphatic heterocycles. The Balaban J connectivity index is 1.38. The van der Waals surface area contributed by atoms with Crippen molar-refractivity contribution in [3.05, 3.63) is 41.0 Å². The van der Waals surface area contributed by atoms with Crippen LogP contribution in [0.1, 0.15) is 48.5 Å². The largest absolute Gasteiger partial charge is 0.401 e. The monoisotopic (exact) mass is 507 g/mol. The van der Waals surface area contributed by atoms with E-state index in [0.717, 1.165) is 24.8 Å². The standard InChI is InChI=1S/C25H32F3N5OS/c1-17(2)7-8-18(13-19-15-29-21-6-4-3-5-20(19)21)14-22(34)23-30-31-24(35-23)33-11-9-32(10-12-33)16-25(26,27)28/h3-6,15,17-18,29H,7-14,16H2,1-2H3. The number of fused-ring (bicyclic) bond motifs is 1. The summed E-state index contributed by atoms with van der Waals surface area (Å²) in [6, 6.07) is 8.19. The Kier molecular flexibility index (Phi) is 8.11. The van der Waals surface area contributed by atoms with Crippen molar-refractivity contribution in [3.63, 3.8) is 0 Å². The number of nitrogens with one attached hydrogen (secondary N) is 1. The van der Waals surface area contributed by atoms with Gasteiger partial charge in [-0.1, -0.05) is 49.8 Å². The first kappa shape index (κ1) is 25.6. The van der Waals surface area contributed by atoms with Gasteiger partial charge in [0.15, 0.2) is 10.8 Å². The van der Waals surface area contributed by atoms with E-state index in [1.807, 2.05) is 23.2 Å². The Bertz CT molecular complexity index is 1120. The van der Waals surface area contributed by atoms with Crippen LogP contribution in [0, 0.1) is 11.8 Å². The van der Waals surface area contributed by atoms with Crippen LogP contribution < -0.4 is 4.90 Å². The van der Waals surface area contributed by atoms with Gasteiger partial charge in [0, 0.05) is 49.7 Å². The Labute approximate surface area is 207 Å². The van der Waals surface area contributed by atoms with E-state index in [-0.39, 0.29) is 11.7 Å². The van der Waals surface area contributed by atoms with E-state index in [1.54, 1.807) is 0 Å². The van der Waals surface area contributed by atoms with Crippen molar-refractivity contribution < 1.29 is 18.0 Å². The summed E-state index contributed by atoms with van der Waals surface area (Å²) in [5.41, 5.74) is 2.32. The molecule has 0 radical (unpaired) electrons. The van der Waals surface area contributed by atoms with E-state index in [9.17, 15) is 18.0 Å². The molecular weight excluding hydrogens is 475 g/mol. The molecule has 6 nitrogen and oxygen atoms in total. The summed E-state index contributed by atoms with van der Waals surface area (Å²) < 4.78 is 37.9. The zero-order valence-corrected chi connectivity index (χ0v) is 21.0. The van der Waals surface area contributed by atoms with Crippen LogP contribution in [0.5, 0.6) is 0 Å². The molecule has 10 heteroatoms. The van der Waals surface area contributed by atoms with Crippen LogP contribution >= 0.6 is 11.3 Å². The number of alkyl halides is 3. The highest BCUT2D eigenvalue weighted by molar-refractivity contribution is 7.17. The SMILES string of the molecule is CC(C)CCC(CC(=O)c1nnc(N2CCN(CC(F)(F)F)CC2)s1)Cc1c[nH]c2ccccc12. The number of anilines is 1. The van der Waals surface area contributed by atoms with Crippen molar-refractivity contribution in [1.29, 1.82) is 0 Å². The van der Waals surface area contributed by atoms with Gasteiger partial charge in [0.2, 0.25) is 5.13 Å². The maximum absolute atomic E-state index is 13.1. The van der Waals surface area contributed by atoms with Crippen molar-refractivity contribution in [2.75, 3.05) is 37.6 Å². The van der Waals surface area contributed by atoms with E-state index < -0.39 is 12.7 Å². The molecule has 2 aromatic heterocycles. The maximum atomic E-state index is 13.1. The topological polar surface area (TPSA) is 65.1 Å². The summed E-state index contributed by atoms with van der Waals surface area (Å²) in [6.07, 6.45) is 1.07.